The fraction of sp³-hybridized carbons (Fsp3) is 0.0833. The van der Waals surface area contributed by atoms with Crippen molar-refractivity contribution in [2.45, 2.75) is 18.7 Å². The summed E-state index contributed by atoms with van der Waals surface area (Å²) in [4.78, 5) is 29.1. The normalized spacial score (nSPS) is 13.9. The predicted octanol–water partition coefficient (Wildman–Crippen LogP) is 5.95. The molecule has 0 atom stereocenters. The van der Waals surface area contributed by atoms with E-state index in [0.29, 0.717) is 15.6 Å². The van der Waals surface area contributed by atoms with Crippen molar-refractivity contribution < 1.29 is 9.59 Å². The number of hydrogen-bond donors (Lipinski definition) is 1. The topological polar surface area (TPSA) is 49.4 Å². The first-order valence-electron chi connectivity index (χ1n) is 9.40. The Morgan fingerprint density at radius 1 is 0.867 bits per heavy atom. The van der Waals surface area contributed by atoms with Crippen LogP contribution in [0.15, 0.2) is 88.3 Å². The van der Waals surface area contributed by atoms with Crippen molar-refractivity contribution in [1.82, 2.24) is 0 Å². The van der Waals surface area contributed by atoms with E-state index in [0.717, 1.165) is 26.6 Å². The molecule has 6 heteroatoms. The highest BCUT2D eigenvalue weighted by Gasteiger charge is 2.41. The number of aryl methyl sites for hydroxylation is 2. The molecule has 1 aliphatic heterocycles. The Hall–Kier alpha value is -3.02. The molecule has 1 heterocycles. The van der Waals surface area contributed by atoms with Crippen molar-refractivity contribution in [3.8, 4) is 0 Å². The van der Waals surface area contributed by atoms with Crippen LogP contribution in [0.2, 0.25) is 5.02 Å². The van der Waals surface area contributed by atoms with E-state index in [1.54, 1.807) is 24.3 Å². The van der Waals surface area contributed by atoms with E-state index in [9.17, 15) is 9.59 Å². The molecule has 3 aromatic carbocycles. The lowest BCUT2D eigenvalue weighted by molar-refractivity contribution is -0.120. The van der Waals surface area contributed by atoms with Gasteiger partial charge in [0, 0.05) is 10.6 Å². The third-order valence-corrected chi connectivity index (χ3v) is 6.15. The van der Waals surface area contributed by atoms with Crippen LogP contribution in [0.4, 0.5) is 11.4 Å². The minimum Gasteiger partial charge on any atom is -0.350 e. The summed E-state index contributed by atoms with van der Waals surface area (Å²) in [5.74, 6) is -0.819. The molecule has 1 N–H and O–H groups in total. The summed E-state index contributed by atoms with van der Waals surface area (Å²) in [6.45, 7) is 3.98. The molecule has 3 aromatic rings. The number of thioether (sulfide) groups is 1. The van der Waals surface area contributed by atoms with Crippen LogP contribution in [-0.4, -0.2) is 11.8 Å². The molecule has 150 valence electrons. The quantitative estimate of drug-likeness (QED) is 0.504. The predicted molar refractivity (Wildman–Crippen MR) is 123 cm³/mol. The van der Waals surface area contributed by atoms with Crippen molar-refractivity contribution in [1.29, 1.82) is 0 Å². The van der Waals surface area contributed by atoms with Crippen molar-refractivity contribution in [3.05, 3.63) is 99.5 Å². The molecule has 0 spiro atoms. The van der Waals surface area contributed by atoms with Crippen LogP contribution in [-0.2, 0) is 9.59 Å². The molecule has 0 aliphatic carbocycles. The fourth-order valence-electron chi connectivity index (χ4n) is 3.26. The van der Waals surface area contributed by atoms with Crippen molar-refractivity contribution in [3.63, 3.8) is 0 Å². The maximum absolute atomic E-state index is 13.4. The summed E-state index contributed by atoms with van der Waals surface area (Å²) < 4.78 is 0. The number of carbonyl (C=O) groups is 2. The van der Waals surface area contributed by atoms with Gasteiger partial charge in [-0.1, -0.05) is 71.4 Å². The Bertz CT molecular complexity index is 1170. The average Bonchev–Trinajstić information content (AvgIpc) is 2.95. The molecule has 0 fully saturated rings. The minimum absolute atomic E-state index is 0.251. The minimum atomic E-state index is -0.425. The van der Waals surface area contributed by atoms with E-state index in [-0.39, 0.29) is 5.70 Å². The molecule has 0 saturated carbocycles. The van der Waals surface area contributed by atoms with Gasteiger partial charge < -0.3 is 5.32 Å². The van der Waals surface area contributed by atoms with Crippen LogP contribution < -0.4 is 10.2 Å². The van der Waals surface area contributed by atoms with E-state index in [2.05, 4.69) is 5.32 Å². The Kier molecular flexibility index (Phi) is 5.66. The monoisotopic (exact) mass is 434 g/mol. The van der Waals surface area contributed by atoms with Crippen LogP contribution in [0.5, 0.6) is 0 Å². The summed E-state index contributed by atoms with van der Waals surface area (Å²) in [7, 11) is 0. The highest BCUT2D eigenvalue weighted by Crippen LogP contribution is 2.39. The molecule has 0 unspecified atom stereocenters. The zero-order valence-electron chi connectivity index (χ0n) is 16.5. The largest absolute Gasteiger partial charge is 0.350 e. The van der Waals surface area contributed by atoms with Gasteiger partial charge in [-0.3, -0.25) is 9.59 Å². The highest BCUT2D eigenvalue weighted by atomic mass is 35.5. The number of halogens is 1. The molecule has 1 aliphatic rings. The molecule has 2 amide bonds. The van der Waals surface area contributed by atoms with Gasteiger partial charge in [0.2, 0.25) is 0 Å². The van der Waals surface area contributed by atoms with Crippen molar-refractivity contribution in [2.75, 3.05) is 10.2 Å². The second-order valence-electron chi connectivity index (χ2n) is 6.96. The SMILES string of the molecule is Cc1ccc(NC2=C(Sc3ccccc3)C(=O)N(c3ccccc3Cl)C2=O)c(C)c1. The molecular weight excluding hydrogens is 416 g/mol. The molecule has 4 nitrogen and oxygen atoms in total. The smallest absolute Gasteiger partial charge is 0.283 e. The number of para-hydroxylation sites is 1. The molecule has 0 aromatic heterocycles. The van der Waals surface area contributed by atoms with Crippen molar-refractivity contribution >= 4 is 46.6 Å². The Morgan fingerprint density at radius 3 is 2.27 bits per heavy atom. The molecular formula is C24H19ClN2O2S. The van der Waals surface area contributed by atoms with Gasteiger partial charge in [-0.2, -0.15) is 0 Å². The second kappa shape index (κ2) is 8.38. The lowest BCUT2D eigenvalue weighted by atomic mass is 10.1. The van der Waals surface area contributed by atoms with Gasteiger partial charge in [0.1, 0.15) is 10.6 Å². The Labute approximate surface area is 184 Å². The fourth-order valence-corrected chi connectivity index (χ4v) is 4.43. The Balaban J connectivity index is 1.78. The summed E-state index contributed by atoms with van der Waals surface area (Å²) in [6.07, 6.45) is 0. The number of carbonyl (C=O) groups excluding carboxylic acids is 2. The number of hydrogen-bond acceptors (Lipinski definition) is 4. The number of rotatable bonds is 5. The lowest BCUT2D eigenvalue weighted by Gasteiger charge is -2.17. The first-order chi connectivity index (χ1) is 14.5. The maximum atomic E-state index is 13.4. The van der Waals surface area contributed by atoms with Crippen LogP contribution in [0.3, 0.4) is 0 Å². The number of nitrogens with one attached hydrogen (secondary N) is 1. The van der Waals surface area contributed by atoms with E-state index in [4.69, 9.17) is 11.6 Å². The lowest BCUT2D eigenvalue weighted by Crippen LogP contribution is -2.32. The van der Waals surface area contributed by atoms with Gasteiger partial charge in [-0.05, 0) is 49.7 Å². The molecule has 4 rings (SSSR count). The van der Waals surface area contributed by atoms with Crippen LogP contribution >= 0.6 is 23.4 Å². The van der Waals surface area contributed by atoms with Gasteiger partial charge in [0.15, 0.2) is 0 Å². The maximum Gasteiger partial charge on any atom is 0.283 e. The third-order valence-electron chi connectivity index (χ3n) is 4.74. The summed E-state index contributed by atoms with van der Waals surface area (Å²) in [5.41, 5.74) is 3.52. The standard InChI is InChI=1S/C24H19ClN2O2S/c1-15-12-13-19(16(2)14-15)26-21-22(30-17-8-4-3-5-9-17)24(29)27(23(21)28)20-11-7-6-10-18(20)25/h3-14,26H,1-2H3. The van der Waals surface area contributed by atoms with Crippen LogP contribution in [0.1, 0.15) is 11.1 Å². The Morgan fingerprint density at radius 2 is 1.57 bits per heavy atom. The van der Waals surface area contributed by atoms with E-state index < -0.39 is 11.8 Å². The highest BCUT2D eigenvalue weighted by molar-refractivity contribution is 8.04. The van der Waals surface area contributed by atoms with Gasteiger partial charge in [-0.15, -0.1) is 0 Å². The second-order valence-corrected chi connectivity index (χ2v) is 8.45. The first-order valence-corrected chi connectivity index (χ1v) is 10.6. The van der Waals surface area contributed by atoms with Gasteiger partial charge in [0.05, 0.1) is 10.7 Å². The summed E-state index contributed by atoms with van der Waals surface area (Å²) >= 11 is 7.57. The summed E-state index contributed by atoms with van der Waals surface area (Å²) in [5, 5.41) is 3.55. The number of nitrogens with zero attached hydrogens (tertiary/aromatic N) is 1. The van der Waals surface area contributed by atoms with Crippen LogP contribution in [0, 0.1) is 13.8 Å². The van der Waals surface area contributed by atoms with Crippen LogP contribution in [0.25, 0.3) is 0 Å². The average molecular weight is 435 g/mol. The van der Waals surface area contributed by atoms with Gasteiger partial charge >= 0.3 is 0 Å². The zero-order valence-corrected chi connectivity index (χ0v) is 18.1. The zero-order chi connectivity index (χ0) is 21.3. The number of imide groups is 1. The van der Waals surface area contributed by atoms with Gasteiger partial charge in [0.25, 0.3) is 11.8 Å². The molecule has 0 radical (unpaired) electrons. The van der Waals surface area contributed by atoms with E-state index in [1.807, 2.05) is 62.4 Å². The first kappa shape index (κ1) is 20.3. The number of anilines is 2. The number of benzene rings is 3. The number of amides is 2. The molecule has 0 bridgehead atoms. The van der Waals surface area contributed by atoms with E-state index in [1.165, 1.54) is 11.8 Å². The van der Waals surface area contributed by atoms with Crippen molar-refractivity contribution in [2.24, 2.45) is 0 Å². The summed E-state index contributed by atoms with van der Waals surface area (Å²) in [6, 6.07) is 22.3. The molecule has 0 saturated heterocycles. The third kappa shape index (κ3) is 3.86. The van der Waals surface area contributed by atoms with E-state index >= 15 is 0 Å². The molecule has 30 heavy (non-hydrogen) atoms. The van der Waals surface area contributed by atoms with Gasteiger partial charge in [-0.25, -0.2) is 4.90 Å².